The van der Waals surface area contributed by atoms with Crippen molar-refractivity contribution in [2.45, 2.75) is 77.6 Å². The van der Waals surface area contributed by atoms with Gasteiger partial charge in [0.25, 0.3) is 0 Å². The Labute approximate surface area is 267 Å². The number of fused-ring (bicyclic) bond motifs is 3. The number of hydrogen-bond acceptors (Lipinski definition) is 1. The quantitative estimate of drug-likeness (QED) is 0.0838. The van der Waals surface area contributed by atoms with Crippen molar-refractivity contribution < 1.29 is 20.4 Å². The van der Waals surface area contributed by atoms with E-state index in [1.165, 1.54) is 77.6 Å². The summed E-state index contributed by atoms with van der Waals surface area (Å²) >= 11 is -5.54. The van der Waals surface area contributed by atoms with Crippen molar-refractivity contribution in [3.05, 3.63) is 114 Å². The van der Waals surface area contributed by atoms with Crippen LogP contribution < -0.4 is 17.0 Å². The first-order chi connectivity index (χ1) is 20.9. The molecule has 225 valence electrons. The van der Waals surface area contributed by atoms with Crippen LogP contribution in [0.25, 0.3) is 11.1 Å². The van der Waals surface area contributed by atoms with Gasteiger partial charge in [0.1, 0.15) is 0 Å². The molecule has 0 saturated heterocycles. The van der Waals surface area contributed by atoms with Crippen LogP contribution in [0.4, 0.5) is 0 Å². The molecule has 4 aromatic carbocycles. The normalized spacial score (nSPS) is 13.3. The summed E-state index contributed by atoms with van der Waals surface area (Å²) in [4.78, 5) is 13.9. The third-order valence-electron chi connectivity index (χ3n) is 8.99. The summed E-state index contributed by atoms with van der Waals surface area (Å²) in [5.41, 5.74) is 4.91. The van der Waals surface area contributed by atoms with Crippen molar-refractivity contribution in [3.63, 3.8) is 0 Å². The van der Waals surface area contributed by atoms with Gasteiger partial charge in [-0.05, 0) is 0 Å². The van der Waals surface area contributed by atoms with Crippen LogP contribution in [0.2, 0.25) is 0 Å². The Bertz CT molecular complexity index is 1470. The molecule has 2 nitrogen and oxygen atoms in total. The van der Waals surface area contributed by atoms with Crippen molar-refractivity contribution in [2.75, 3.05) is 0 Å². The summed E-state index contributed by atoms with van der Waals surface area (Å²) in [5, 5.41) is 2.34. The molecule has 0 unspecified atom stereocenters. The monoisotopic (exact) mass is 796 g/mol. The summed E-state index contributed by atoms with van der Waals surface area (Å²) in [6, 6.07) is 36.0. The van der Waals surface area contributed by atoms with E-state index < -0.39 is 21.6 Å². The van der Waals surface area contributed by atoms with Gasteiger partial charge in [0.15, 0.2) is 0 Å². The summed E-state index contributed by atoms with van der Waals surface area (Å²) in [6.45, 7) is 2.25. The Balaban J connectivity index is 1.48. The second-order valence-corrected chi connectivity index (χ2v) is 61.0. The van der Waals surface area contributed by atoms with Crippen molar-refractivity contribution in [2.24, 2.45) is 0 Å². The van der Waals surface area contributed by atoms with Gasteiger partial charge >= 0.3 is 262 Å². The third-order valence-corrected chi connectivity index (χ3v) is 57.4. The molecule has 0 saturated carbocycles. The van der Waals surface area contributed by atoms with Gasteiger partial charge in [-0.25, -0.2) is 0 Å². The summed E-state index contributed by atoms with van der Waals surface area (Å²) < 4.78 is 4.55. The molecule has 0 fully saturated rings. The predicted molar refractivity (Wildman–Crippen MR) is 185 cm³/mol. The molecule has 0 radical (unpaired) electrons. The van der Waals surface area contributed by atoms with Crippen LogP contribution in [0.3, 0.4) is 0 Å². The Morgan fingerprint density at radius 3 is 1.84 bits per heavy atom. The predicted octanol–water partition coefficient (Wildman–Crippen LogP) is 8.37. The molecule has 0 spiro atoms. The van der Waals surface area contributed by atoms with Gasteiger partial charge in [0.05, 0.1) is 0 Å². The zero-order chi connectivity index (χ0) is 30.1. The molecule has 0 atom stereocenters. The van der Waals surface area contributed by atoms with Gasteiger partial charge < -0.3 is 0 Å². The van der Waals surface area contributed by atoms with Crippen LogP contribution in [0.5, 0.6) is 0 Å². The molecule has 0 bridgehead atoms. The summed E-state index contributed by atoms with van der Waals surface area (Å²) in [7, 11) is 16.4. The molecule has 4 aromatic rings. The second kappa shape index (κ2) is 14.9. The van der Waals surface area contributed by atoms with Crippen LogP contribution >= 0.6 is 17.2 Å². The fraction of sp³-hybridized carbons (Fsp3) is 0.324. The Kier molecular flexibility index (Phi) is 11.2. The third kappa shape index (κ3) is 7.47. The van der Waals surface area contributed by atoms with Gasteiger partial charge in [0, 0.05) is 0 Å². The van der Waals surface area contributed by atoms with E-state index >= 15 is 0 Å². The molecule has 0 aliphatic heterocycles. The topological polar surface area (TPSA) is 29.1 Å². The van der Waals surface area contributed by atoms with Gasteiger partial charge in [-0.1, -0.05) is 6.92 Å². The summed E-state index contributed by atoms with van der Waals surface area (Å²) in [5.74, 6) is -2.36. The number of amides is 1. The average molecular weight is 796 g/mol. The van der Waals surface area contributed by atoms with Gasteiger partial charge in [0.2, 0.25) is 0 Å². The van der Waals surface area contributed by atoms with Crippen LogP contribution in [0.15, 0.2) is 103 Å². The molecule has 0 heterocycles. The molecular weight excluding hydrogens is 752 g/mol. The SMILES string of the molecule is CCCCCCCCCCCC(=O)[NH][Hf]([Cl])([Cl])([c]1cccc2c1Cc1ccccc1-2)[SiH](c1ccccc1)c1ccccc1. The van der Waals surface area contributed by atoms with E-state index in [9.17, 15) is 4.79 Å². The maximum atomic E-state index is 13.9. The second-order valence-electron chi connectivity index (χ2n) is 12.1. The van der Waals surface area contributed by atoms with E-state index in [-0.39, 0.29) is 5.91 Å². The molecular formula is C37H44Cl2HfNOSi. The zero-order valence-electron chi connectivity index (χ0n) is 25.3. The molecule has 6 heteroatoms. The number of carbonyl (C=O) groups is 1. The van der Waals surface area contributed by atoms with E-state index in [0.29, 0.717) is 6.42 Å². The Morgan fingerprint density at radius 1 is 0.674 bits per heavy atom. The number of nitrogens with one attached hydrogen (secondary N) is 1. The minimum atomic E-state index is -5.54. The zero-order valence-corrected chi connectivity index (χ0v) is 31.6. The van der Waals surface area contributed by atoms with Crippen LogP contribution in [-0.2, 0) is 26.8 Å². The Morgan fingerprint density at radius 2 is 1.21 bits per heavy atom. The van der Waals surface area contributed by atoms with Crippen molar-refractivity contribution in [3.8, 4) is 11.1 Å². The van der Waals surface area contributed by atoms with E-state index in [4.69, 9.17) is 17.2 Å². The molecule has 5 rings (SSSR count). The van der Waals surface area contributed by atoms with Crippen molar-refractivity contribution in [1.29, 1.82) is 0 Å². The van der Waals surface area contributed by atoms with E-state index in [2.05, 4.69) is 101 Å². The number of rotatable bonds is 15. The molecule has 43 heavy (non-hydrogen) atoms. The Hall–Kier alpha value is -1.98. The summed E-state index contributed by atoms with van der Waals surface area (Å²) in [6.07, 6.45) is 12.1. The molecule has 1 amide bonds. The average Bonchev–Trinajstić information content (AvgIpc) is 3.40. The number of hydrogen-bond donors (Lipinski definition) is 1. The van der Waals surface area contributed by atoms with Crippen LogP contribution in [-0.4, -0.2) is 11.9 Å². The number of carbonyl (C=O) groups excluding carboxylic acids is 1. The van der Waals surface area contributed by atoms with Crippen LogP contribution in [0, 0.1) is 0 Å². The molecule has 1 aliphatic carbocycles. The maximum absolute atomic E-state index is 13.9. The molecule has 1 N–H and O–H groups in total. The first kappa shape index (κ1) is 32.4. The van der Waals surface area contributed by atoms with Gasteiger partial charge in [-0.15, -0.1) is 0 Å². The number of unbranched alkanes of at least 4 members (excludes halogenated alkanes) is 8. The van der Waals surface area contributed by atoms with E-state index in [0.717, 1.165) is 22.6 Å². The fourth-order valence-corrected chi connectivity index (χ4v) is 59.3. The number of halogens is 2. The van der Waals surface area contributed by atoms with Crippen molar-refractivity contribution >= 4 is 42.7 Å². The first-order valence-corrected chi connectivity index (χ1v) is 36.6. The molecule has 1 aliphatic rings. The first-order valence-electron chi connectivity index (χ1n) is 16.1. The van der Waals surface area contributed by atoms with Gasteiger partial charge in [-0.3, -0.25) is 0 Å². The molecule has 0 aromatic heterocycles. The van der Waals surface area contributed by atoms with Gasteiger partial charge in [-0.2, -0.15) is 0 Å². The standard InChI is InChI=1S/C13H9.C12H25NO.C12H11Si.2ClH.Hf/c1-3-7-12-10(5-1)9-11-6-2-4-8-13(11)12;1-2-3-4-5-6-7-8-9-10-11-12(13)14;1-3-7-11(8-4-1)13-12-9-5-2-6-10-12;;;/h1-5,7-8H,9H2;2-11H2,1H3,(H2,13,14);1-10,13H;2*1H;/q;;;;;+3/p-3. The van der Waals surface area contributed by atoms with Crippen molar-refractivity contribution in [1.82, 2.24) is 3.30 Å². The van der Waals surface area contributed by atoms with E-state index in [1.807, 2.05) is 12.1 Å². The van der Waals surface area contributed by atoms with E-state index in [1.54, 1.807) is 0 Å². The minimum absolute atomic E-state index is 0.000700. The number of benzene rings is 4. The fourth-order valence-electron chi connectivity index (χ4n) is 6.86. The van der Waals surface area contributed by atoms with Crippen LogP contribution in [0.1, 0.15) is 82.3 Å².